The third kappa shape index (κ3) is 4.74. The van der Waals surface area contributed by atoms with Crippen LogP contribution in [0.1, 0.15) is 18.9 Å². The van der Waals surface area contributed by atoms with Gasteiger partial charge in [0.1, 0.15) is 5.82 Å². The van der Waals surface area contributed by atoms with Crippen molar-refractivity contribution in [1.29, 1.82) is 0 Å². The van der Waals surface area contributed by atoms with E-state index in [0.717, 1.165) is 51.6 Å². The Morgan fingerprint density at radius 2 is 2.05 bits per heavy atom. The molecule has 0 amide bonds. The van der Waals surface area contributed by atoms with E-state index in [-0.39, 0.29) is 6.61 Å². The van der Waals surface area contributed by atoms with Gasteiger partial charge in [-0.05, 0) is 44.1 Å². The number of nitrogens with zero attached hydrogens (tertiary/aromatic N) is 3. The predicted molar refractivity (Wildman–Crippen MR) is 81.8 cm³/mol. The summed E-state index contributed by atoms with van der Waals surface area (Å²) in [6.45, 7) is 9.36. The first kappa shape index (κ1) is 15.2. The molecule has 20 heavy (non-hydrogen) atoms. The van der Waals surface area contributed by atoms with Crippen LogP contribution >= 0.6 is 0 Å². The second kappa shape index (κ2) is 8.19. The Labute approximate surface area is 121 Å². The Morgan fingerprint density at radius 1 is 1.25 bits per heavy atom. The monoisotopic (exact) mass is 278 g/mol. The van der Waals surface area contributed by atoms with Crippen LogP contribution in [0.5, 0.6) is 0 Å². The van der Waals surface area contributed by atoms with Gasteiger partial charge in [-0.1, -0.05) is 0 Å². The number of nitrogens with one attached hydrogen (secondary N) is 1. The van der Waals surface area contributed by atoms with Crippen LogP contribution in [0.3, 0.4) is 0 Å². The van der Waals surface area contributed by atoms with Crippen LogP contribution in [0.25, 0.3) is 0 Å². The molecule has 1 saturated heterocycles. The molecule has 1 aliphatic heterocycles. The van der Waals surface area contributed by atoms with Crippen molar-refractivity contribution in [3.05, 3.63) is 23.9 Å². The number of hydrogen-bond acceptors (Lipinski definition) is 5. The zero-order valence-corrected chi connectivity index (χ0v) is 12.4. The molecule has 0 atom stereocenters. The van der Waals surface area contributed by atoms with Crippen LogP contribution in [0.15, 0.2) is 18.3 Å². The lowest BCUT2D eigenvalue weighted by atomic mass is 10.2. The van der Waals surface area contributed by atoms with Gasteiger partial charge in [0.15, 0.2) is 0 Å². The molecule has 0 saturated carbocycles. The van der Waals surface area contributed by atoms with E-state index in [9.17, 15) is 0 Å². The average Bonchev–Trinajstić information content (AvgIpc) is 2.66. The Kier molecular flexibility index (Phi) is 6.24. The molecule has 0 unspecified atom stereocenters. The molecule has 2 N–H and O–H groups in total. The minimum atomic E-state index is 0.260. The molecule has 0 radical (unpaired) electrons. The largest absolute Gasteiger partial charge is 0.395 e. The van der Waals surface area contributed by atoms with E-state index in [1.807, 2.05) is 6.20 Å². The summed E-state index contributed by atoms with van der Waals surface area (Å²) in [4.78, 5) is 9.14. The van der Waals surface area contributed by atoms with Gasteiger partial charge in [-0.25, -0.2) is 4.98 Å². The zero-order valence-electron chi connectivity index (χ0n) is 12.4. The highest BCUT2D eigenvalue weighted by atomic mass is 16.3. The molecule has 2 rings (SSSR count). The van der Waals surface area contributed by atoms with Gasteiger partial charge in [-0.15, -0.1) is 0 Å². The average molecular weight is 278 g/mol. The first-order chi connectivity index (χ1) is 9.81. The highest BCUT2D eigenvalue weighted by Crippen LogP contribution is 2.11. The maximum atomic E-state index is 9.02. The normalized spacial score (nSPS) is 17.9. The summed E-state index contributed by atoms with van der Waals surface area (Å²) in [5.74, 6) is 0.960. The fraction of sp³-hybridized carbons (Fsp3) is 0.667. The molecule has 2 heterocycles. The third-order valence-electron chi connectivity index (χ3n) is 3.69. The quantitative estimate of drug-likeness (QED) is 0.813. The van der Waals surface area contributed by atoms with Gasteiger partial charge in [-0.2, -0.15) is 0 Å². The molecule has 5 nitrogen and oxygen atoms in total. The number of rotatable bonds is 6. The molecular weight excluding hydrogens is 252 g/mol. The first-order valence-electron chi connectivity index (χ1n) is 7.56. The van der Waals surface area contributed by atoms with Gasteiger partial charge in [0, 0.05) is 38.9 Å². The van der Waals surface area contributed by atoms with Crippen molar-refractivity contribution in [2.75, 3.05) is 51.2 Å². The summed E-state index contributed by atoms with van der Waals surface area (Å²) in [6.07, 6.45) is 3.05. The van der Waals surface area contributed by atoms with Crippen LogP contribution in [-0.4, -0.2) is 65.8 Å². The van der Waals surface area contributed by atoms with E-state index in [0.29, 0.717) is 0 Å². The second-order valence-electron chi connectivity index (χ2n) is 5.27. The number of aromatic nitrogens is 1. The number of pyridine rings is 1. The van der Waals surface area contributed by atoms with Crippen molar-refractivity contribution in [3.8, 4) is 0 Å². The van der Waals surface area contributed by atoms with Gasteiger partial charge in [0.05, 0.1) is 6.61 Å². The Morgan fingerprint density at radius 3 is 2.85 bits per heavy atom. The highest BCUT2D eigenvalue weighted by molar-refractivity contribution is 5.37. The van der Waals surface area contributed by atoms with E-state index >= 15 is 0 Å². The first-order valence-corrected chi connectivity index (χ1v) is 7.56. The SMILES string of the molecule is CCNc1cc(CN2CCCN(CCO)CC2)ccn1. The maximum Gasteiger partial charge on any atom is 0.126 e. The summed E-state index contributed by atoms with van der Waals surface area (Å²) in [5, 5.41) is 12.3. The molecule has 0 spiro atoms. The number of β-amino-alcohol motifs (C(OH)–C–C–N with tert-alkyl or cyclic N) is 1. The summed E-state index contributed by atoms with van der Waals surface area (Å²) >= 11 is 0. The second-order valence-corrected chi connectivity index (χ2v) is 5.27. The maximum absolute atomic E-state index is 9.02. The fourth-order valence-corrected chi connectivity index (χ4v) is 2.66. The standard InChI is InChI=1S/C15H26N4O/c1-2-16-15-12-14(4-5-17-15)13-19-7-3-6-18(8-9-19)10-11-20/h4-5,12,20H,2-3,6-11,13H2,1H3,(H,16,17). The molecule has 112 valence electrons. The minimum absolute atomic E-state index is 0.260. The number of hydrogen-bond donors (Lipinski definition) is 2. The summed E-state index contributed by atoms with van der Waals surface area (Å²) < 4.78 is 0. The lowest BCUT2D eigenvalue weighted by Crippen LogP contribution is -2.32. The van der Waals surface area contributed by atoms with Crippen LogP contribution < -0.4 is 5.32 Å². The molecule has 1 aromatic rings. The van der Waals surface area contributed by atoms with E-state index < -0.39 is 0 Å². The zero-order chi connectivity index (χ0) is 14.2. The number of aliphatic hydroxyl groups is 1. The molecule has 1 fully saturated rings. The van der Waals surface area contributed by atoms with Gasteiger partial charge in [0.2, 0.25) is 0 Å². The van der Waals surface area contributed by atoms with E-state index in [4.69, 9.17) is 5.11 Å². The number of aliphatic hydroxyl groups excluding tert-OH is 1. The molecule has 5 heteroatoms. The van der Waals surface area contributed by atoms with Crippen molar-refractivity contribution in [2.24, 2.45) is 0 Å². The van der Waals surface area contributed by atoms with E-state index in [1.165, 1.54) is 12.0 Å². The lowest BCUT2D eigenvalue weighted by molar-refractivity contribution is 0.196. The molecule has 0 bridgehead atoms. The van der Waals surface area contributed by atoms with Crippen molar-refractivity contribution in [3.63, 3.8) is 0 Å². The van der Waals surface area contributed by atoms with Crippen LogP contribution in [0, 0.1) is 0 Å². The van der Waals surface area contributed by atoms with E-state index in [2.05, 4.69) is 39.2 Å². The summed E-state index contributed by atoms with van der Waals surface area (Å²) in [7, 11) is 0. The predicted octanol–water partition coefficient (Wildman–Crippen LogP) is 1.01. The summed E-state index contributed by atoms with van der Waals surface area (Å²) in [6, 6.07) is 4.23. The molecule has 1 aromatic heterocycles. The molecule has 0 aromatic carbocycles. The van der Waals surface area contributed by atoms with Crippen LogP contribution in [0.2, 0.25) is 0 Å². The van der Waals surface area contributed by atoms with E-state index in [1.54, 1.807) is 0 Å². The molecule has 0 aliphatic carbocycles. The molecule has 1 aliphatic rings. The minimum Gasteiger partial charge on any atom is -0.395 e. The summed E-state index contributed by atoms with van der Waals surface area (Å²) in [5.41, 5.74) is 1.31. The van der Waals surface area contributed by atoms with Crippen molar-refractivity contribution < 1.29 is 5.11 Å². The van der Waals surface area contributed by atoms with Crippen molar-refractivity contribution >= 4 is 5.82 Å². The van der Waals surface area contributed by atoms with Gasteiger partial charge in [0.25, 0.3) is 0 Å². The Balaban J connectivity index is 1.88. The molecular formula is C15H26N4O. The van der Waals surface area contributed by atoms with Crippen LogP contribution in [0.4, 0.5) is 5.82 Å². The lowest BCUT2D eigenvalue weighted by Gasteiger charge is -2.21. The van der Waals surface area contributed by atoms with Gasteiger partial charge in [-0.3, -0.25) is 9.80 Å². The Bertz CT molecular complexity index is 399. The fourth-order valence-electron chi connectivity index (χ4n) is 2.66. The Hall–Kier alpha value is -1.17. The van der Waals surface area contributed by atoms with Gasteiger partial charge >= 0.3 is 0 Å². The highest BCUT2D eigenvalue weighted by Gasteiger charge is 2.14. The topological polar surface area (TPSA) is 51.6 Å². The smallest absolute Gasteiger partial charge is 0.126 e. The number of anilines is 1. The van der Waals surface area contributed by atoms with Crippen molar-refractivity contribution in [2.45, 2.75) is 19.9 Å². The van der Waals surface area contributed by atoms with Crippen LogP contribution in [-0.2, 0) is 6.54 Å². The van der Waals surface area contributed by atoms with Crippen molar-refractivity contribution in [1.82, 2.24) is 14.8 Å². The third-order valence-corrected chi connectivity index (χ3v) is 3.69. The van der Waals surface area contributed by atoms with Gasteiger partial charge < -0.3 is 10.4 Å².